The van der Waals surface area contributed by atoms with Crippen LogP contribution in [0.1, 0.15) is 36.5 Å². The van der Waals surface area contributed by atoms with Gasteiger partial charge in [0.05, 0.1) is 18.8 Å². The first-order chi connectivity index (χ1) is 14.8. The molecular formula is C21H29N7OS. The van der Waals surface area contributed by atoms with Crippen LogP contribution in [0.15, 0.2) is 45.3 Å². The Morgan fingerprint density at radius 1 is 1.30 bits per heavy atom. The summed E-state index contributed by atoms with van der Waals surface area (Å²) in [7, 11) is 0. The molecule has 4 rings (SSSR count). The number of thiophene rings is 1. The van der Waals surface area contributed by atoms with Gasteiger partial charge in [0, 0.05) is 24.4 Å². The number of guanidine groups is 1. The van der Waals surface area contributed by atoms with Crippen molar-refractivity contribution in [3.05, 3.63) is 46.6 Å². The van der Waals surface area contributed by atoms with E-state index in [4.69, 9.17) is 9.41 Å². The predicted octanol–water partition coefficient (Wildman–Crippen LogP) is 3.06. The number of rotatable bonds is 9. The predicted molar refractivity (Wildman–Crippen MR) is 120 cm³/mol. The maximum Gasteiger partial charge on any atom is 0.216 e. The third-order valence-electron chi connectivity index (χ3n) is 5.15. The Kier molecular flexibility index (Phi) is 7.15. The monoisotopic (exact) mass is 427 g/mol. The Hall–Kier alpha value is -2.65. The highest BCUT2D eigenvalue weighted by atomic mass is 32.1. The van der Waals surface area contributed by atoms with Gasteiger partial charge in [0.15, 0.2) is 11.7 Å². The number of furan rings is 1. The van der Waals surface area contributed by atoms with Gasteiger partial charge in [-0.1, -0.05) is 6.07 Å². The number of aliphatic imine (C=N–C) groups is 1. The number of likely N-dealkylation sites (tertiary alicyclic amines) is 1. The molecule has 0 saturated carbocycles. The standard InChI is InChI=1S/C21H29N7OS/c1-2-22-21(23-10-9-19-25-20(27-26-19)17-7-5-13-29-17)24-15-16(18-8-6-14-30-18)28-11-3-4-12-28/h5-8,13-14,16H,2-4,9-12,15H2,1H3,(H2,22,23,24)(H,25,26,27). The van der Waals surface area contributed by atoms with Gasteiger partial charge in [-0.25, -0.2) is 4.98 Å². The molecule has 0 aliphatic carbocycles. The highest BCUT2D eigenvalue weighted by Gasteiger charge is 2.24. The topological polar surface area (TPSA) is 94.4 Å². The van der Waals surface area contributed by atoms with Gasteiger partial charge in [-0.2, -0.15) is 5.10 Å². The van der Waals surface area contributed by atoms with E-state index in [1.807, 2.05) is 23.5 Å². The van der Waals surface area contributed by atoms with Crippen LogP contribution >= 0.6 is 11.3 Å². The lowest BCUT2D eigenvalue weighted by Gasteiger charge is -2.25. The van der Waals surface area contributed by atoms with Crippen LogP contribution in [-0.2, 0) is 6.42 Å². The molecule has 9 heteroatoms. The fourth-order valence-corrected chi connectivity index (χ4v) is 4.51. The van der Waals surface area contributed by atoms with Crippen LogP contribution in [0.25, 0.3) is 11.6 Å². The molecule has 160 valence electrons. The van der Waals surface area contributed by atoms with Crippen LogP contribution in [0.5, 0.6) is 0 Å². The van der Waals surface area contributed by atoms with E-state index < -0.39 is 0 Å². The molecule has 30 heavy (non-hydrogen) atoms. The molecule has 8 nitrogen and oxygen atoms in total. The third-order valence-corrected chi connectivity index (χ3v) is 6.12. The van der Waals surface area contributed by atoms with Crippen molar-refractivity contribution >= 4 is 17.3 Å². The highest BCUT2D eigenvalue weighted by molar-refractivity contribution is 7.10. The summed E-state index contributed by atoms with van der Waals surface area (Å²) in [4.78, 5) is 13.3. The van der Waals surface area contributed by atoms with Gasteiger partial charge in [-0.3, -0.25) is 15.0 Å². The average molecular weight is 428 g/mol. The molecule has 1 unspecified atom stereocenters. The Balaban J connectivity index is 1.34. The van der Waals surface area contributed by atoms with E-state index in [9.17, 15) is 0 Å². The number of nitrogens with zero attached hydrogens (tertiary/aromatic N) is 4. The summed E-state index contributed by atoms with van der Waals surface area (Å²) in [6, 6.07) is 8.39. The van der Waals surface area contributed by atoms with E-state index in [1.54, 1.807) is 6.26 Å². The van der Waals surface area contributed by atoms with Gasteiger partial charge in [0.2, 0.25) is 5.82 Å². The van der Waals surface area contributed by atoms with Crippen molar-refractivity contribution in [3.8, 4) is 11.6 Å². The first-order valence-electron chi connectivity index (χ1n) is 10.6. The summed E-state index contributed by atoms with van der Waals surface area (Å²) in [5.74, 6) is 2.91. The minimum absolute atomic E-state index is 0.355. The molecule has 1 aliphatic rings. The summed E-state index contributed by atoms with van der Waals surface area (Å²) < 4.78 is 5.34. The fourth-order valence-electron chi connectivity index (χ4n) is 3.66. The van der Waals surface area contributed by atoms with Crippen LogP contribution in [0, 0.1) is 0 Å². The Morgan fingerprint density at radius 3 is 2.93 bits per heavy atom. The van der Waals surface area contributed by atoms with Gasteiger partial charge in [0.25, 0.3) is 0 Å². The number of aromatic amines is 1. The van der Waals surface area contributed by atoms with Gasteiger partial charge in [0.1, 0.15) is 5.82 Å². The lowest BCUT2D eigenvalue weighted by atomic mass is 10.2. The summed E-state index contributed by atoms with van der Waals surface area (Å²) in [6.07, 6.45) is 4.90. The summed E-state index contributed by atoms with van der Waals surface area (Å²) in [5.41, 5.74) is 0. The lowest BCUT2D eigenvalue weighted by Crippen LogP contribution is -2.39. The van der Waals surface area contributed by atoms with Crippen molar-refractivity contribution in [2.75, 3.05) is 32.7 Å². The number of aromatic nitrogens is 3. The van der Waals surface area contributed by atoms with Gasteiger partial charge in [-0.15, -0.1) is 11.3 Å². The van der Waals surface area contributed by atoms with Crippen molar-refractivity contribution in [2.45, 2.75) is 32.2 Å². The Morgan fingerprint density at radius 2 is 2.20 bits per heavy atom. The average Bonchev–Trinajstić information content (AvgIpc) is 3.57. The van der Waals surface area contributed by atoms with Crippen molar-refractivity contribution in [1.82, 2.24) is 30.7 Å². The molecule has 0 aromatic carbocycles. The van der Waals surface area contributed by atoms with Gasteiger partial charge < -0.3 is 15.1 Å². The minimum atomic E-state index is 0.355. The van der Waals surface area contributed by atoms with Crippen LogP contribution in [0.4, 0.5) is 0 Å². The van der Waals surface area contributed by atoms with Crippen LogP contribution in [0.3, 0.4) is 0 Å². The van der Waals surface area contributed by atoms with Crippen LogP contribution in [-0.4, -0.2) is 58.8 Å². The zero-order valence-electron chi connectivity index (χ0n) is 17.3. The third kappa shape index (κ3) is 5.28. The minimum Gasteiger partial charge on any atom is -0.461 e. The molecule has 1 saturated heterocycles. The van der Waals surface area contributed by atoms with Crippen molar-refractivity contribution in [2.24, 2.45) is 4.99 Å². The lowest BCUT2D eigenvalue weighted by molar-refractivity contribution is 0.255. The van der Waals surface area contributed by atoms with E-state index in [-0.39, 0.29) is 0 Å². The second-order valence-electron chi connectivity index (χ2n) is 7.25. The van der Waals surface area contributed by atoms with Gasteiger partial charge in [-0.05, 0) is 56.4 Å². The fraction of sp³-hybridized carbons (Fsp3) is 0.476. The number of hydrogen-bond acceptors (Lipinski definition) is 6. The summed E-state index contributed by atoms with van der Waals surface area (Å²) >= 11 is 1.82. The van der Waals surface area contributed by atoms with Crippen LogP contribution in [0.2, 0.25) is 0 Å². The first kappa shape index (κ1) is 20.6. The molecule has 0 spiro atoms. The molecule has 0 amide bonds. The smallest absolute Gasteiger partial charge is 0.216 e. The SMILES string of the molecule is CCNC(=NCC(c1cccs1)N1CCCC1)NCCc1nc(-c2ccco2)n[nH]1. The highest BCUT2D eigenvalue weighted by Crippen LogP contribution is 2.28. The second-order valence-corrected chi connectivity index (χ2v) is 8.23. The molecule has 1 atom stereocenters. The summed E-state index contributed by atoms with van der Waals surface area (Å²) in [6.45, 7) is 6.69. The van der Waals surface area contributed by atoms with E-state index in [1.165, 1.54) is 17.7 Å². The maximum atomic E-state index is 5.34. The molecule has 0 radical (unpaired) electrons. The first-order valence-corrected chi connectivity index (χ1v) is 11.5. The number of nitrogens with one attached hydrogen (secondary N) is 3. The van der Waals surface area contributed by atoms with Crippen LogP contribution < -0.4 is 10.6 Å². The van der Waals surface area contributed by atoms with E-state index in [0.29, 0.717) is 24.2 Å². The zero-order valence-corrected chi connectivity index (χ0v) is 18.1. The largest absolute Gasteiger partial charge is 0.461 e. The molecule has 1 aliphatic heterocycles. The van der Waals surface area contributed by atoms with Crippen molar-refractivity contribution < 1.29 is 4.42 Å². The van der Waals surface area contributed by atoms with Gasteiger partial charge >= 0.3 is 0 Å². The van der Waals surface area contributed by atoms with E-state index in [2.05, 4.69) is 55.2 Å². The maximum absolute atomic E-state index is 5.34. The van der Waals surface area contributed by atoms with Crippen molar-refractivity contribution in [3.63, 3.8) is 0 Å². The normalized spacial score (nSPS) is 16.1. The second kappa shape index (κ2) is 10.4. The molecule has 3 aromatic rings. The van der Waals surface area contributed by atoms with E-state index in [0.717, 1.165) is 44.4 Å². The molecule has 4 heterocycles. The zero-order chi connectivity index (χ0) is 20.6. The Labute approximate surface area is 180 Å². The Bertz CT molecular complexity index is 898. The molecule has 3 aromatic heterocycles. The van der Waals surface area contributed by atoms with E-state index >= 15 is 0 Å². The quantitative estimate of drug-likeness (QED) is 0.359. The number of H-pyrrole nitrogens is 1. The molecular weight excluding hydrogens is 398 g/mol. The molecule has 1 fully saturated rings. The molecule has 0 bridgehead atoms. The van der Waals surface area contributed by atoms with Crippen molar-refractivity contribution in [1.29, 1.82) is 0 Å². The number of hydrogen-bond donors (Lipinski definition) is 3. The molecule has 3 N–H and O–H groups in total. The summed E-state index contributed by atoms with van der Waals surface area (Å²) in [5, 5.41) is 16.1.